The summed E-state index contributed by atoms with van der Waals surface area (Å²) in [4.78, 5) is 22.6. The molecule has 1 aliphatic rings. The second-order valence-electron chi connectivity index (χ2n) is 7.70. The van der Waals surface area contributed by atoms with Gasteiger partial charge >= 0.3 is 5.97 Å². The third-order valence-electron chi connectivity index (χ3n) is 5.53. The molecule has 1 aliphatic carbocycles. The fraction of sp³-hybridized carbons (Fsp3) is 0.727. The van der Waals surface area contributed by atoms with Gasteiger partial charge in [-0.3, -0.25) is 4.79 Å². The maximum absolute atomic E-state index is 12.2. The first-order valence-electron chi connectivity index (χ1n) is 10.4. The van der Waals surface area contributed by atoms with Gasteiger partial charge in [0.2, 0.25) is 0 Å². The molecule has 0 aromatic rings. The van der Waals surface area contributed by atoms with Gasteiger partial charge in [0.05, 0.1) is 12.2 Å². The maximum atomic E-state index is 12.2. The molecule has 154 valence electrons. The predicted molar refractivity (Wildman–Crippen MR) is 106 cm³/mol. The third kappa shape index (κ3) is 8.85. The number of carboxylic acids is 1. The second-order valence-corrected chi connectivity index (χ2v) is 7.70. The van der Waals surface area contributed by atoms with Crippen molar-refractivity contribution in [3.05, 3.63) is 24.3 Å². The number of Topliss-reactive ketones (excluding diaryl/α,β-unsaturated/α-hetero) is 1. The van der Waals surface area contributed by atoms with Gasteiger partial charge in [-0.1, -0.05) is 57.8 Å². The SMILES string of the molecule is CCCC(CC)C[C@@H](O)/C=C/[C@H]1[C@H](O)CC(=O)[C@@H]1CCCC/C=C/C(=O)O. The van der Waals surface area contributed by atoms with E-state index in [0.29, 0.717) is 18.8 Å². The lowest BCUT2D eigenvalue weighted by Gasteiger charge is -2.19. The molecule has 27 heavy (non-hydrogen) atoms. The zero-order chi connectivity index (χ0) is 20.2. The lowest BCUT2D eigenvalue weighted by Crippen LogP contribution is -2.19. The highest BCUT2D eigenvalue weighted by Gasteiger charge is 2.39. The maximum Gasteiger partial charge on any atom is 0.327 e. The van der Waals surface area contributed by atoms with E-state index < -0.39 is 18.2 Å². The number of unbranched alkanes of at least 4 members (excludes halogenated alkanes) is 2. The first kappa shape index (κ1) is 23.6. The summed E-state index contributed by atoms with van der Waals surface area (Å²) >= 11 is 0. The topological polar surface area (TPSA) is 94.8 Å². The number of carboxylic acid groups (broad SMARTS) is 1. The van der Waals surface area contributed by atoms with E-state index in [4.69, 9.17) is 5.11 Å². The number of rotatable bonds is 13. The molecule has 0 aromatic carbocycles. The number of ketones is 1. The van der Waals surface area contributed by atoms with Gasteiger partial charge in [0, 0.05) is 24.3 Å². The third-order valence-corrected chi connectivity index (χ3v) is 5.53. The number of aliphatic carboxylic acids is 1. The van der Waals surface area contributed by atoms with Crippen LogP contribution in [0.4, 0.5) is 0 Å². The van der Waals surface area contributed by atoms with Crippen LogP contribution in [0.25, 0.3) is 0 Å². The Hall–Kier alpha value is -1.46. The van der Waals surface area contributed by atoms with Crippen LogP contribution in [0.5, 0.6) is 0 Å². The lowest BCUT2D eigenvalue weighted by atomic mass is 9.88. The number of aliphatic hydroxyl groups is 2. The molecule has 1 rings (SSSR count). The van der Waals surface area contributed by atoms with Crippen LogP contribution in [0.15, 0.2) is 24.3 Å². The van der Waals surface area contributed by atoms with Crippen molar-refractivity contribution in [3.63, 3.8) is 0 Å². The molecule has 0 aliphatic heterocycles. The minimum atomic E-state index is -0.947. The summed E-state index contributed by atoms with van der Waals surface area (Å²) in [5, 5.41) is 29.1. The Morgan fingerprint density at radius 3 is 2.67 bits per heavy atom. The summed E-state index contributed by atoms with van der Waals surface area (Å²) in [7, 11) is 0. The Morgan fingerprint density at radius 2 is 2.04 bits per heavy atom. The van der Waals surface area contributed by atoms with Gasteiger partial charge < -0.3 is 15.3 Å². The van der Waals surface area contributed by atoms with Crippen LogP contribution in [0.3, 0.4) is 0 Å². The zero-order valence-electron chi connectivity index (χ0n) is 16.7. The fourth-order valence-electron chi connectivity index (χ4n) is 3.98. The van der Waals surface area contributed by atoms with Crippen molar-refractivity contribution in [2.24, 2.45) is 17.8 Å². The van der Waals surface area contributed by atoms with Gasteiger partial charge in [-0.15, -0.1) is 0 Å². The fourth-order valence-corrected chi connectivity index (χ4v) is 3.98. The van der Waals surface area contributed by atoms with Crippen LogP contribution in [0.1, 0.15) is 71.6 Å². The van der Waals surface area contributed by atoms with Crippen LogP contribution < -0.4 is 0 Å². The average Bonchev–Trinajstić information content (AvgIpc) is 2.88. The van der Waals surface area contributed by atoms with E-state index in [2.05, 4.69) is 13.8 Å². The molecule has 1 unspecified atom stereocenters. The molecule has 3 N–H and O–H groups in total. The van der Waals surface area contributed by atoms with Crippen molar-refractivity contribution < 1.29 is 24.9 Å². The van der Waals surface area contributed by atoms with Gasteiger partial charge in [-0.05, 0) is 31.6 Å². The molecule has 5 heteroatoms. The van der Waals surface area contributed by atoms with Gasteiger partial charge in [-0.25, -0.2) is 4.79 Å². The van der Waals surface area contributed by atoms with Crippen LogP contribution >= 0.6 is 0 Å². The van der Waals surface area contributed by atoms with Crippen molar-refractivity contribution in [3.8, 4) is 0 Å². The van der Waals surface area contributed by atoms with Gasteiger partial charge in [-0.2, -0.15) is 0 Å². The molecule has 0 bridgehead atoms. The molecule has 0 saturated heterocycles. The molecule has 1 saturated carbocycles. The van der Waals surface area contributed by atoms with Crippen LogP contribution in [0, 0.1) is 17.8 Å². The molecule has 5 nitrogen and oxygen atoms in total. The summed E-state index contributed by atoms with van der Waals surface area (Å²) < 4.78 is 0. The zero-order valence-corrected chi connectivity index (χ0v) is 16.7. The smallest absolute Gasteiger partial charge is 0.327 e. The molecule has 0 amide bonds. The summed E-state index contributed by atoms with van der Waals surface area (Å²) in [5.41, 5.74) is 0. The van der Waals surface area contributed by atoms with Gasteiger partial charge in [0.1, 0.15) is 5.78 Å². The first-order chi connectivity index (χ1) is 12.9. The van der Waals surface area contributed by atoms with E-state index >= 15 is 0 Å². The van der Waals surface area contributed by atoms with E-state index in [0.717, 1.165) is 44.6 Å². The lowest BCUT2D eigenvalue weighted by molar-refractivity contribution is -0.131. The van der Waals surface area contributed by atoms with Crippen LogP contribution in [-0.4, -0.2) is 39.3 Å². The number of carbonyl (C=O) groups excluding carboxylic acids is 1. The van der Waals surface area contributed by atoms with Crippen molar-refractivity contribution in [2.75, 3.05) is 0 Å². The number of carbonyl (C=O) groups is 2. The highest BCUT2D eigenvalue weighted by Crippen LogP contribution is 2.34. The number of allylic oxidation sites excluding steroid dienone is 1. The standard InChI is InChI=1S/C22H36O5/c1-3-9-16(4-2)14-17(23)12-13-19-18(20(24)15-21(19)25)10-7-5-6-8-11-22(26)27/h8,11-13,16-19,21,23,25H,3-7,9-10,14-15H2,1-2H3,(H,26,27)/b11-8+,13-12+/t16?,17-,18+,19+,21+/m0/s1. The molecule has 0 radical (unpaired) electrons. The molecule has 1 fully saturated rings. The molecule has 0 aromatic heterocycles. The summed E-state index contributed by atoms with van der Waals surface area (Å²) in [6.07, 6.45) is 12.3. The molecular weight excluding hydrogens is 344 g/mol. The number of hydrogen-bond donors (Lipinski definition) is 3. The first-order valence-corrected chi connectivity index (χ1v) is 10.4. The van der Waals surface area contributed by atoms with Crippen molar-refractivity contribution >= 4 is 11.8 Å². The summed E-state index contributed by atoms with van der Waals surface area (Å²) in [5.74, 6) is -0.792. The quantitative estimate of drug-likeness (QED) is 0.256. The van der Waals surface area contributed by atoms with E-state index in [1.807, 2.05) is 6.08 Å². The Bertz CT molecular complexity index is 511. The Morgan fingerprint density at radius 1 is 1.30 bits per heavy atom. The predicted octanol–water partition coefficient (Wildman–Crippen LogP) is 3.89. The van der Waals surface area contributed by atoms with E-state index in [1.165, 1.54) is 0 Å². The second kappa shape index (κ2) is 12.8. The molecule has 0 heterocycles. The summed E-state index contributed by atoms with van der Waals surface area (Å²) in [6, 6.07) is 0. The van der Waals surface area contributed by atoms with E-state index in [-0.39, 0.29) is 24.0 Å². The molecular formula is C22H36O5. The van der Waals surface area contributed by atoms with Gasteiger partial charge in [0.15, 0.2) is 0 Å². The van der Waals surface area contributed by atoms with Crippen LogP contribution in [0.2, 0.25) is 0 Å². The molecule has 0 spiro atoms. The van der Waals surface area contributed by atoms with Gasteiger partial charge in [0.25, 0.3) is 0 Å². The normalized spacial score (nSPS) is 25.5. The minimum Gasteiger partial charge on any atom is -0.478 e. The highest BCUT2D eigenvalue weighted by molar-refractivity contribution is 5.84. The monoisotopic (exact) mass is 380 g/mol. The molecule has 5 atom stereocenters. The van der Waals surface area contributed by atoms with E-state index in [9.17, 15) is 19.8 Å². The average molecular weight is 381 g/mol. The Balaban J connectivity index is 2.52. The van der Waals surface area contributed by atoms with E-state index in [1.54, 1.807) is 12.2 Å². The number of aliphatic hydroxyl groups excluding tert-OH is 2. The van der Waals surface area contributed by atoms with Crippen LogP contribution in [-0.2, 0) is 9.59 Å². The minimum absolute atomic E-state index is 0.0881. The van der Waals surface area contributed by atoms with Crippen molar-refractivity contribution in [1.29, 1.82) is 0 Å². The highest BCUT2D eigenvalue weighted by atomic mass is 16.4. The van der Waals surface area contributed by atoms with Crippen molar-refractivity contribution in [2.45, 2.75) is 83.8 Å². The summed E-state index contributed by atoms with van der Waals surface area (Å²) in [6.45, 7) is 4.28. The largest absolute Gasteiger partial charge is 0.478 e. The Labute approximate surface area is 163 Å². The number of hydrogen-bond acceptors (Lipinski definition) is 4. The van der Waals surface area contributed by atoms with Crippen molar-refractivity contribution in [1.82, 2.24) is 0 Å². The Kier molecular flexibility index (Phi) is 11.2.